The van der Waals surface area contributed by atoms with Gasteiger partial charge in [0.05, 0.1) is 17.3 Å². The minimum absolute atomic E-state index is 0.00899. The number of anilines is 1. The van der Waals surface area contributed by atoms with Crippen LogP contribution in [0.2, 0.25) is 0 Å². The van der Waals surface area contributed by atoms with E-state index in [1.54, 1.807) is 29.2 Å². The molecule has 0 aromatic carbocycles. The molecule has 2 fully saturated rings. The first kappa shape index (κ1) is 18.6. The molecule has 2 aromatic heterocycles. The van der Waals surface area contributed by atoms with Crippen molar-refractivity contribution in [1.82, 2.24) is 24.6 Å². The smallest absolute Gasteiger partial charge is 0.255 e. The molecule has 2 aromatic rings. The van der Waals surface area contributed by atoms with Gasteiger partial charge in [-0.05, 0) is 31.9 Å². The summed E-state index contributed by atoms with van der Waals surface area (Å²) in [6, 6.07) is 5.41. The highest BCUT2D eigenvalue weighted by Crippen LogP contribution is 2.25. The molecule has 0 bridgehead atoms. The van der Waals surface area contributed by atoms with Gasteiger partial charge < -0.3 is 4.90 Å². The Labute approximate surface area is 164 Å². The summed E-state index contributed by atoms with van der Waals surface area (Å²) < 4.78 is 1.78. The van der Waals surface area contributed by atoms with Crippen LogP contribution in [0.5, 0.6) is 0 Å². The molecule has 2 aliphatic heterocycles. The van der Waals surface area contributed by atoms with Crippen molar-refractivity contribution < 1.29 is 9.59 Å². The molecular weight excluding hydrogens is 356 g/mol. The summed E-state index contributed by atoms with van der Waals surface area (Å²) in [7, 11) is 1.88. The third-order valence-corrected chi connectivity index (χ3v) is 5.61. The third-order valence-electron chi connectivity index (χ3n) is 5.61. The van der Waals surface area contributed by atoms with E-state index in [0.29, 0.717) is 31.7 Å². The average molecular weight is 382 g/mol. The molecule has 8 nitrogen and oxygen atoms in total. The predicted molar refractivity (Wildman–Crippen MR) is 105 cm³/mol. The van der Waals surface area contributed by atoms with Crippen LogP contribution in [-0.4, -0.2) is 75.1 Å². The molecule has 0 radical (unpaired) electrons. The number of aromatic nitrogens is 3. The molecule has 1 atom stereocenters. The van der Waals surface area contributed by atoms with E-state index >= 15 is 0 Å². The number of carbonyl (C=O) groups is 2. The minimum atomic E-state index is -0.125. The molecule has 2 amide bonds. The van der Waals surface area contributed by atoms with E-state index in [4.69, 9.17) is 0 Å². The predicted octanol–water partition coefficient (Wildman–Crippen LogP) is 1.08. The van der Waals surface area contributed by atoms with Gasteiger partial charge in [-0.3, -0.25) is 29.1 Å². The molecule has 0 spiro atoms. The highest BCUT2D eigenvalue weighted by molar-refractivity contribution is 5.97. The molecule has 4 rings (SSSR count). The lowest BCUT2D eigenvalue weighted by molar-refractivity contribution is -0.126. The molecule has 148 valence electrons. The van der Waals surface area contributed by atoms with Gasteiger partial charge in [-0.1, -0.05) is 0 Å². The molecule has 28 heavy (non-hydrogen) atoms. The first-order chi connectivity index (χ1) is 13.5. The Morgan fingerprint density at radius 1 is 1.18 bits per heavy atom. The Hall–Kier alpha value is -2.74. The Bertz CT molecular complexity index is 857. The average Bonchev–Trinajstić information content (AvgIpc) is 3.06. The Morgan fingerprint density at radius 3 is 2.61 bits per heavy atom. The number of nitrogens with zero attached hydrogens (tertiary/aromatic N) is 6. The fourth-order valence-corrected chi connectivity index (χ4v) is 4.18. The normalized spacial score (nSPS) is 21.2. The van der Waals surface area contributed by atoms with Crippen LogP contribution in [0.25, 0.3) is 0 Å². The first-order valence-electron chi connectivity index (χ1n) is 9.80. The molecule has 2 aliphatic rings. The Kier molecular flexibility index (Phi) is 5.13. The number of pyridine rings is 1. The lowest BCUT2D eigenvalue weighted by atomic mass is 10.0. The maximum Gasteiger partial charge on any atom is 0.255 e. The maximum atomic E-state index is 13.2. The molecule has 0 saturated carbocycles. The van der Waals surface area contributed by atoms with Gasteiger partial charge in [0.25, 0.3) is 5.91 Å². The number of hydrogen-bond donors (Lipinski definition) is 0. The van der Waals surface area contributed by atoms with Crippen molar-refractivity contribution >= 4 is 17.6 Å². The van der Waals surface area contributed by atoms with Crippen molar-refractivity contribution in [2.24, 2.45) is 7.05 Å². The summed E-state index contributed by atoms with van der Waals surface area (Å²) in [5.74, 6) is 1.01. The van der Waals surface area contributed by atoms with Crippen LogP contribution in [0.3, 0.4) is 0 Å². The molecule has 0 N–H and O–H groups in total. The fourth-order valence-electron chi connectivity index (χ4n) is 4.18. The van der Waals surface area contributed by atoms with Gasteiger partial charge in [-0.25, -0.2) is 0 Å². The third kappa shape index (κ3) is 3.52. The molecule has 0 unspecified atom stereocenters. The van der Waals surface area contributed by atoms with Crippen LogP contribution in [-0.2, 0) is 11.8 Å². The van der Waals surface area contributed by atoms with E-state index in [9.17, 15) is 9.59 Å². The van der Waals surface area contributed by atoms with Crippen molar-refractivity contribution in [3.05, 3.63) is 41.9 Å². The lowest BCUT2D eigenvalue weighted by Crippen LogP contribution is -2.58. The van der Waals surface area contributed by atoms with Crippen molar-refractivity contribution in [3.8, 4) is 0 Å². The molecule has 8 heteroatoms. The van der Waals surface area contributed by atoms with E-state index < -0.39 is 0 Å². The first-order valence-corrected chi connectivity index (χ1v) is 9.80. The number of hydrogen-bond acceptors (Lipinski definition) is 5. The summed E-state index contributed by atoms with van der Waals surface area (Å²) in [5.41, 5.74) is 1.53. The second-order valence-electron chi connectivity index (χ2n) is 7.49. The summed E-state index contributed by atoms with van der Waals surface area (Å²) in [6.45, 7) is 5.34. The summed E-state index contributed by atoms with van der Waals surface area (Å²) in [5, 5.41) is 4.38. The number of piperidine rings is 1. The van der Waals surface area contributed by atoms with E-state index in [1.807, 2.05) is 29.8 Å². The van der Waals surface area contributed by atoms with Crippen molar-refractivity contribution in [3.63, 3.8) is 0 Å². The fraction of sp³-hybridized carbons (Fsp3) is 0.500. The molecule has 0 aliphatic carbocycles. The van der Waals surface area contributed by atoms with Crippen LogP contribution in [0.4, 0.5) is 5.82 Å². The van der Waals surface area contributed by atoms with Gasteiger partial charge >= 0.3 is 0 Å². The number of carbonyl (C=O) groups excluding carboxylic acids is 2. The molecule has 2 saturated heterocycles. The number of piperazine rings is 1. The number of rotatable bonds is 3. The van der Waals surface area contributed by atoms with Crippen LogP contribution >= 0.6 is 0 Å². The summed E-state index contributed by atoms with van der Waals surface area (Å²) in [6.07, 6.45) is 5.10. The van der Waals surface area contributed by atoms with Crippen LogP contribution in [0.15, 0.2) is 30.6 Å². The number of aryl methyl sites for hydroxylation is 2. The van der Waals surface area contributed by atoms with E-state index in [0.717, 1.165) is 30.9 Å². The van der Waals surface area contributed by atoms with Gasteiger partial charge in [0.15, 0.2) is 0 Å². The van der Waals surface area contributed by atoms with E-state index in [-0.39, 0.29) is 17.9 Å². The maximum absolute atomic E-state index is 13.2. The van der Waals surface area contributed by atoms with Gasteiger partial charge in [0.1, 0.15) is 5.82 Å². The standard InChI is InChI=1S/C20H26N6O2/c1-15-13-18(23(2)22-15)26-8-4-6-17(20(26)28)24-9-11-25(12-10-24)19(27)16-5-3-7-21-14-16/h3,5,7,13-14,17H,4,6,8-12H2,1-2H3/t17-/m0/s1. The molecule has 4 heterocycles. The zero-order valence-electron chi connectivity index (χ0n) is 16.4. The molecular formula is C20H26N6O2. The zero-order chi connectivity index (χ0) is 19.7. The summed E-state index contributed by atoms with van der Waals surface area (Å²) in [4.78, 5) is 35.8. The van der Waals surface area contributed by atoms with Crippen molar-refractivity contribution in [2.75, 3.05) is 37.6 Å². The van der Waals surface area contributed by atoms with Gasteiger partial charge in [-0.2, -0.15) is 5.10 Å². The monoisotopic (exact) mass is 382 g/mol. The minimum Gasteiger partial charge on any atom is -0.336 e. The zero-order valence-corrected chi connectivity index (χ0v) is 16.4. The van der Waals surface area contributed by atoms with Crippen molar-refractivity contribution in [1.29, 1.82) is 0 Å². The highest BCUT2D eigenvalue weighted by Gasteiger charge is 2.37. The van der Waals surface area contributed by atoms with E-state index in [1.165, 1.54) is 0 Å². The largest absolute Gasteiger partial charge is 0.336 e. The quantitative estimate of drug-likeness (QED) is 0.794. The van der Waals surface area contributed by atoms with E-state index in [2.05, 4.69) is 15.0 Å². The van der Waals surface area contributed by atoms with Crippen LogP contribution < -0.4 is 4.90 Å². The van der Waals surface area contributed by atoms with Crippen LogP contribution in [0, 0.1) is 6.92 Å². The Balaban J connectivity index is 1.41. The van der Waals surface area contributed by atoms with Gasteiger partial charge in [0, 0.05) is 58.2 Å². The SMILES string of the molecule is Cc1cc(N2CCC[C@H](N3CCN(C(=O)c4cccnc4)CC3)C2=O)n(C)n1. The number of amides is 2. The highest BCUT2D eigenvalue weighted by atomic mass is 16.2. The Morgan fingerprint density at radius 2 is 1.96 bits per heavy atom. The van der Waals surface area contributed by atoms with Crippen LogP contribution in [0.1, 0.15) is 28.9 Å². The summed E-state index contributed by atoms with van der Waals surface area (Å²) >= 11 is 0. The van der Waals surface area contributed by atoms with Gasteiger partial charge in [-0.15, -0.1) is 0 Å². The van der Waals surface area contributed by atoms with Crippen molar-refractivity contribution in [2.45, 2.75) is 25.8 Å². The topological polar surface area (TPSA) is 74.6 Å². The second-order valence-corrected chi connectivity index (χ2v) is 7.49. The van der Waals surface area contributed by atoms with Gasteiger partial charge in [0.2, 0.25) is 5.91 Å². The lowest BCUT2D eigenvalue weighted by Gasteiger charge is -2.42. The second kappa shape index (κ2) is 7.71.